The molecule has 0 aromatic carbocycles. The van der Waals surface area contributed by atoms with Crippen molar-refractivity contribution >= 4 is 6.21 Å². The van der Waals surface area contributed by atoms with Gasteiger partial charge in [-0.3, -0.25) is 0 Å². The van der Waals surface area contributed by atoms with Crippen LogP contribution in [-0.4, -0.2) is 13.3 Å². The average Bonchev–Trinajstić information content (AvgIpc) is 2.05. The van der Waals surface area contributed by atoms with Gasteiger partial charge in [0.25, 0.3) is 0 Å². The quantitative estimate of drug-likeness (QED) is 0.585. The molecule has 0 atom stereocenters. The first-order valence-electron chi connectivity index (χ1n) is 4.17. The van der Waals surface area contributed by atoms with E-state index in [1.54, 1.807) is 0 Å². The summed E-state index contributed by atoms with van der Waals surface area (Å²) >= 11 is 0. The topological polar surface area (TPSA) is 35.9 Å². The highest BCUT2D eigenvalue weighted by Crippen LogP contribution is 2.15. The van der Waals surface area contributed by atoms with Crippen LogP contribution in [-0.2, 0) is 0 Å². The molecule has 0 unspecified atom stereocenters. The van der Waals surface area contributed by atoms with Gasteiger partial charge in [-0.2, -0.15) is 0 Å². The minimum absolute atomic E-state index is 0.542. The van der Waals surface area contributed by atoms with E-state index >= 15 is 0 Å². The molecule has 0 aliphatic rings. The van der Waals surface area contributed by atoms with Crippen LogP contribution in [0.4, 0.5) is 0 Å². The van der Waals surface area contributed by atoms with Crippen molar-refractivity contribution in [2.24, 2.45) is 5.92 Å². The molecule has 0 aliphatic heterocycles. The number of nitrogens with one attached hydrogen (secondary N) is 2. The minimum atomic E-state index is 0.542. The van der Waals surface area contributed by atoms with Crippen molar-refractivity contribution in [2.75, 3.05) is 7.05 Å². The second-order valence-corrected chi connectivity index (χ2v) is 2.59. The van der Waals surface area contributed by atoms with Crippen molar-refractivity contribution in [3.63, 3.8) is 0 Å². The molecule has 2 nitrogen and oxygen atoms in total. The molecule has 2 N–H and O–H groups in total. The lowest BCUT2D eigenvalue weighted by Crippen LogP contribution is -2.06. The number of rotatable bonds is 5. The van der Waals surface area contributed by atoms with Crippen molar-refractivity contribution in [1.82, 2.24) is 5.32 Å². The fourth-order valence-corrected chi connectivity index (χ4v) is 1.20. The van der Waals surface area contributed by atoms with Gasteiger partial charge in [-0.05, 0) is 24.3 Å². The number of hydrogen-bond donors (Lipinski definition) is 2. The summed E-state index contributed by atoms with van der Waals surface area (Å²) in [7, 11) is 1.87. The van der Waals surface area contributed by atoms with E-state index < -0.39 is 0 Å². The summed E-state index contributed by atoms with van der Waals surface area (Å²) in [5.74, 6) is 0.542. The molecule has 0 rings (SSSR count). The van der Waals surface area contributed by atoms with Gasteiger partial charge in [0.05, 0.1) is 0 Å². The molecule has 0 aromatic rings. The summed E-state index contributed by atoms with van der Waals surface area (Å²) in [6, 6.07) is 0. The molecule has 0 heterocycles. The zero-order valence-electron chi connectivity index (χ0n) is 7.65. The van der Waals surface area contributed by atoms with Crippen LogP contribution in [0.15, 0.2) is 11.8 Å². The van der Waals surface area contributed by atoms with E-state index in [1.807, 2.05) is 13.2 Å². The lowest BCUT2D eigenvalue weighted by molar-refractivity contribution is 0.588. The SMILES string of the molecule is CCC(CC)/C(C=N)=C/NC. The second kappa shape index (κ2) is 5.96. The third-order valence-electron chi connectivity index (χ3n) is 1.93. The highest BCUT2D eigenvalue weighted by Gasteiger charge is 2.06. The maximum Gasteiger partial charge on any atom is 0.0227 e. The standard InChI is InChI=1S/C9H18N2/c1-4-8(5-2)9(6-10)7-11-3/h6-8,10-11H,4-5H2,1-3H3/b9-7+,10-6?. The molecule has 0 amide bonds. The maximum atomic E-state index is 7.17. The van der Waals surface area contributed by atoms with Crippen LogP contribution in [0.1, 0.15) is 26.7 Å². The van der Waals surface area contributed by atoms with Gasteiger partial charge in [-0.15, -0.1) is 0 Å². The third kappa shape index (κ3) is 3.21. The van der Waals surface area contributed by atoms with Crippen molar-refractivity contribution in [3.05, 3.63) is 11.8 Å². The Hall–Kier alpha value is -0.790. The van der Waals surface area contributed by atoms with Crippen LogP contribution >= 0.6 is 0 Å². The van der Waals surface area contributed by atoms with E-state index in [0.717, 1.165) is 18.4 Å². The lowest BCUT2D eigenvalue weighted by atomic mass is 9.95. The zero-order valence-corrected chi connectivity index (χ0v) is 7.65. The predicted octanol–water partition coefficient (Wildman–Crippen LogP) is 2.18. The molecule has 0 spiro atoms. The fourth-order valence-electron chi connectivity index (χ4n) is 1.20. The van der Waals surface area contributed by atoms with E-state index in [0.29, 0.717) is 5.92 Å². The van der Waals surface area contributed by atoms with Crippen molar-refractivity contribution < 1.29 is 0 Å². The summed E-state index contributed by atoms with van der Waals surface area (Å²) < 4.78 is 0. The summed E-state index contributed by atoms with van der Waals surface area (Å²) in [6.07, 6.45) is 5.57. The molecule has 0 aromatic heterocycles. The fraction of sp³-hybridized carbons (Fsp3) is 0.667. The van der Waals surface area contributed by atoms with Crippen molar-refractivity contribution in [1.29, 1.82) is 5.41 Å². The van der Waals surface area contributed by atoms with E-state index in [1.165, 1.54) is 6.21 Å². The van der Waals surface area contributed by atoms with Crippen LogP contribution < -0.4 is 5.32 Å². The third-order valence-corrected chi connectivity index (χ3v) is 1.93. The second-order valence-electron chi connectivity index (χ2n) is 2.59. The van der Waals surface area contributed by atoms with Crippen LogP contribution in [0.3, 0.4) is 0 Å². The molecular formula is C9H18N2. The monoisotopic (exact) mass is 154 g/mol. The van der Waals surface area contributed by atoms with E-state index in [2.05, 4.69) is 19.2 Å². The highest BCUT2D eigenvalue weighted by molar-refractivity contribution is 5.76. The smallest absolute Gasteiger partial charge is 0.0227 e. The number of allylic oxidation sites excluding steroid dienone is 1. The highest BCUT2D eigenvalue weighted by atomic mass is 14.8. The van der Waals surface area contributed by atoms with Gasteiger partial charge in [-0.1, -0.05) is 13.8 Å². The molecule has 2 heteroatoms. The zero-order chi connectivity index (χ0) is 8.69. The normalized spacial score (nSPS) is 11.8. The minimum Gasteiger partial charge on any atom is -0.394 e. The molecule has 0 saturated carbocycles. The van der Waals surface area contributed by atoms with Crippen molar-refractivity contribution in [2.45, 2.75) is 26.7 Å². The first-order chi connectivity index (χ1) is 5.29. The summed E-state index contributed by atoms with van der Waals surface area (Å²) in [5.41, 5.74) is 1.09. The number of hydrogen-bond acceptors (Lipinski definition) is 2. The molecule has 64 valence electrons. The Balaban J connectivity index is 4.20. The lowest BCUT2D eigenvalue weighted by Gasteiger charge is -2.12. The Labute approximate surface area is 69.2 Å². The molecule has 0 bridgehead atoms. The maximum absolute atomic E-state index is 7.17. The van der Waals surface area contributed by atoms with E-state index in [-0.39, 0.29) is 0 Å². The first kappa shape index (κ1) is 10.2. The average molecular weight is 154 g/mol. The predicted molar refractivity (Wildman–Crippen MR) is 50.0 cm³/mol. The molecule has 11 heavy (non-hydrogen) atoms. The van der Waals surface area contributed by atoms with Crippen LogP contribution in [0.2, 0.25) is 0 Å². The molecule has 0 aliphatic carbocycles. The molecule has 0 radical (unpaired) electrons. The Kier molecular flexibility index (Phi) is 5.53. The van der Waals surface area contributed by atoms with E-state index in [4.69, 9.17) is 5.41 Å². The van der Waals surface area contributed by atoms with Gasteiger partial charge in [0.15, 0.2) is 0 Å². The van der Waals surface area contributed by atoms with Gasteiger partial charge < -0.3 is 10.7 Å². The Morgan fingerprint density at radius 3 is 2.27 bits per heavy atom. The van der Waals surface area contributed by atoms with Gasteiger partial charge >= 0.3 is 0 Å². The van der Waals surface area contributed by atoms with Gasteiger partial charge in [0.1, 0.15) is 0 Å². The molecule has 0 saturated heterocycles. The summed E-state index contributed by atoms with van der Waals surface area (Å²) in [6.45, 7) is 4.31. The summed E-state index contributed by atoms with van der Waals surface area (Å²) in [4.78, 5) is 0. The van der Waals surface area contributed by atoms with Gasteiger partial charge in [0, 0.05) is 19.5 Å². The Bertz CT molecular complexity index is 134. The van der Waals surface area contributed by atoms with E-state index in [9.17, 15) is 0 Å². The molecular weight excluding hydrogens is 136 g/mol. The van der Waals surface area contributed by atoms with Crippen molar-refractivity contribution in [3.8, 4) is 0 Å². The van der Waals surface area contributed by atoms with Crippen LogP contribution in [0, 0.1) is 11.3 Å². The van der Waals surface area contributed by atoms with Gasteiger partial charge in [0.2, 0.25) is 0 Å². The Morgan fingerprint density at radius 2 is 2.00 bits per heavy atom. The largest absolute Gasteiger partial charge is 0.394 e. The van der Waals surface area contributed by atoms with Crippen LogP contribution in [0.5, 0.6) is 0 Å². The summed E-state index contributed by atoms with van der Waals surface area (Å²) in [5, 5.41) is 10.1. The Morgan fingerprint density at radius 1 is 1.45 bits per heavy atom. The molecule has 0 fully saturated rings. The van der Waals surface area contributed by atoms with Gasteiger partial charge in [-0.25, -0.2) is 0 Å². The first-order valence-corrected chi connectivity index (χ1v) is 4.17. The van der Waals surface area contributed by atoms with Crippen LogP contribution in [0.25, 0.3) is 0 Å².